The zero-order valence-electron chi connectivity index (χ0n) is 15.3. The average Bonchev–Trinajstić information content (AvgIpc) is 2.64. The molecular formula is C18H24F3N3O4. The number of anilines is 1. The molecule has 10 heteroatoms. The number of rotatable bonds is 9. The number of nitrogens with zero attached hydrogens (tertiary/aromatic N) is 1. The second kappa shape index (κ2) is 10.4. The fourth-order valence-corrected chi connectivity index (χ4v) is 2.82. The molecule has 1 fully saturated rings. The summed E-state index contributed by atoms with van der Waals surface area (Å²) in [6.07, 6.45) is -4.20. The lowest BCUT2D eigenvalue weighted by Gasteiger charge is -2.26. The summed E-state index contributed by atoms with van der Waals surface area (Å²) < 4.78 is 43.4. The predicted octanol–water partition coefficient (Wildman–Crippen LogP) is 1.80. The summed E-state index contributed by atoms with van der Waals surface area (Å²) in [5.41, 5.74) is -0.919. The second-order valence-electron chi connectivity index (χ2n) is 6.48. The van der Waals surface area contributed by atoms with Gasteiger partial charge in [-0.05, 0) is 37.7 Å². The smallest absolute Gasteiger partial charge is 0.416 e. The number of alkyl halides is 3. The summed E-state index contributed by atoms with van der Waals surface area (Å²) >= 11 is 0. The lowest BCUT2D eigenvalue weighted by atomic mass is 10.1. The number of benzene rings is 1. The topological polar surface area (TPSA) is 90.9 Å². The van der Waals surface area contributed by atoms with Gasteiger partial charge in [0.05, 0.1) is 25.2 Å². The van der Waals surface area contributed by atoms with Crippen LogP contribution in [-0.2, 0) is 20.5 Å². The summed E-state index contributed by atoms with van der Waals surface area (Å²) in [4.78, 5) is 25.6. The summed E-state index contributed by atoms with van der Waals surface area (Å²) in [6, 6.07) is 3.08. The van der Waals surface area contributed by atoms with Crippen molar-refractivity contribution in [2.24, 2.45) is 0 Å². The van der Waals surface area contributed by atoms with Gasteiger partial charge in [0, 0.05) is 18.8 Å². The van der Waals surface area contributed by atoms with Crippen LogP contribution in [0.25, 0.3) is 0 Å². The van der Waals surface area contributed by atoms with Gasteiger partial charge in [-0.1, -0.05) is 6.07 Å². The van der Waals surface area contributed by atoms with E-state index in [-0.39, 0.29) is 12.1 Å². The van der Waals surface area contributed by atoms with Crippen LogP contribution in [0.5, 0.6) is 0 Å². The monoisotopic (exact) mass is 403 g/mol. The number of hydrogen-bond acceptors (Lipinski definition) is 5. The van der Waals surface area contributed by atoms with E-state index in [1.54, 1.807) is 0 Å². The first kappa shape index (κ1) is 22.1. The van der Waals surface area contributed by atoms with E-state index in [1.165, 1.54) is 12.1 Å². The van der Waals surface area contributed by atoms with E-state index in [1.807, 2.05) is 0 Å². The molecule has 1 aromatic carbocycles. The van der Waals surface area contributed by atoms with E-state index in [0.717, 1.165) is 31.8 Å². The minimum Gasteiger partial charge on any atom is -0.480 e. The molecule has 3 N–H and O–H groups in total. The number of ether oxygens (including phenoxy) is 1. The Labute approximate surface area is 160 Å². The second-order valence-corrected chi connectivity index (χ2v) is 6.48. The van der Waals surface area contributed by atoms with Crippen molar-refractivity contribution in [1.29, 1.82) is 0 Å². The number of halogens is 3. The first-order valence-electron chi connectivity index (χ1n) is 8.99. The third-order valence-corrected chi connectivity index (χ3v) is 4.31. The average molecular weight is 403 g/mol. The van der Waals surface area contributed by atoms with E-state index in [0.29, 0.717) is 26.2 Å². The van der Waals surface area contributed by atoms with Crippen LogP contribution in [0.2, 0.25) is 0 Å². The maximum atomic E-state index is 12.7. The van der Waals surface area contributed by atoms with E-state index >= 15 is 0 Å². The van der Waals surface area contributed by atoms with E-state index in [9.17, 15) is 27.9 Å². The minimum absolute atomic E-state index is 0.0312. The fourth-order valence-electron chi connectivity index (χ4n) is 2.82. The van der Waals surface area contributed by atoms with Crippen LogP contribution in [0.3, 0.4) is 0 Å². The minimum atomic E-state index is -4.52. The maximum Gasteiger partial charge on any atom is 0.416 e. The molecule has 156 valence electrons. The number of carbonyl (C=O) groups is 2. The van der Waals surface area contributed by atoms with Crippen molar-refractivity contribution in [3.05, 3.63) is 29.8 Å². The predicted molar refractivity (Wildman–Crippen MR) is 96.0 cm³/mol. The Morgan fingerprint density at radius 2 is 1.96 bits per heavy atom. The van der Waals surface area contributed by atoms with Gasteiger partial charge >= 0.3 is 12.1 Å². The zero-order chi connectivity index (χ0) is 20.6. The lowest BCUT2D eigenvalue weighted by Crippen LogP contribution is -2.42. The molecule has 1 saturated heterocycles. The lowest BCUT2D eigenvalue weighted by molar-refractivity contribution is -0.141. The van der Waals surface area contributed by atoms with Crippen molar-refractivity contribution >= 4 is 17.6 Å². The number of morpholine rings is 1. The number of nitrogens with one attached hydrogen (secondary N) is 2. The van der Waals surface area contributed by atoms with Crippen LogP contribution >= 0.6 is 0 Å². The van der Waals surface area contributed by atoms with Crippen LogP contribution in [-0.4, -0.2) is 67.3 Å². The van der Waals surface area contributed by atoms with Gasteiger partial charge in [0.2, 0.25) is 5.91 Å². The molecule has 0 bridgehead atoms. The molecule has 2 rings (SSSR count). The highest BCUT2D eigenvalue weighted by atomic mass is 19.4. The van der Waals surface area contributed by atoms with Gasteiger partial charge < -0.3 is 20.5 Å². The molecule has 1 aromatic rings. The van der Waals surface area contributed by atoms with Crippen molar-refractivity contribution in [2.45, 2.75) is 25.1 Å². The first-order chi connectivity index (χ1) is 13.3. The number of hydrogen-bond donors (Lipinski definition) is 3. The molecule has 0 radical (unpaired) electrons. The van der Waals surface area contributed by atoms with Crippen molar-refractivity contribution in [2.75, 3.05) is 44.7 Å². The van der Waals surface area contributed by atoms with Crippen molar-refractivity contribution in [3.63, 3.8) is 0 Å². The fraction of sp³-hybridized carbons (Fsp3) is 0.556. The van der Waals surface area contributed by atoms with Gasteiger partial charge in [0.25, 0.3) is 0 Å². The number of carbonyl (C=O) groups excluding carboxylic acids is 1. The highest BCUT2D eigenvalue weighted by molar-refractivity contribution is 5.94. The number of carboxylic acid groups (broad SMARTS) is 1. The highest BCUT2D eigenvalue weighted by Crippen LogP contribution is 2.30. The molecule has 1 aliphatic heterocycles. The molecule has 0 spiro atoms. The summed E-state index contributed by atoms with van der Waals surface area (Å²) in [5, 5.41) is 14.4. The van der Waals surface area contributed by atoms with Crippen molar-refractivity contribution < 1.29 is 32.6 Å². The molecule has 1 heterocycles. The normalized spacial score (nSPS) is 16.5. The van der Waals surface area contributed by atoms with E-state index in [4.69, 9.17) is 4.74 Å². The highest BCUT2D eigenvalue weighted by Gasteiger charge is 2.30. The van der Waals surface area contributed by atoms with Gasteiger partial charge in [-0.3, -0.25) is 14.5 Å². The Morgan fingerprint density at radius 3 is 2.61 bits per heavy atom. The number of amides is 1. The zero-order valence-corrected chi connectivity index (χ0v) is 15.3. The Balaban J connectivity index is 1.79. The molecule has 0 saturated carbocycles. The molecule has 1 atom stereocenters. The van der Waals surface area contributed by atoms with Crippen LogP contribution in [0.1, 0.15) is 18.4 Å². The van der Waals surface area contributed by atoms with Crippen LogP contribution in [0.4, 0.5) is 18.9 Å². The Bertz CT molecular complexity index is 664. The Morgan fingerprint density at radius 1 is 1.25 bits per heavy atom. The molecule has 0 aromatic heterocycles. The number of carboxylic acids is 1. The third-order valence-electron chi connectivity index (χ3n) is 4.31. The summed E-state index contributed by atoms with van der Waals surface area (Å²) in [5.74, 6) is -1.86. The van der Waals surface area contributed by atoms with E-state index in [2.05, 4.69) is 15.5 Å². The summed E-state index contributed by atoms with van der Waals surface area (Å²) in [6.45, 7) is 4.23. The van der Waals surface area contributed by atoms with Gasteiger partial charge in [-0.15, -0.1) is 0 Å². The van der Waals surface area contributed by atoms with Crippen molar-refractivity contribution in [3.8, 4) is 0 Å². The third kappa shape index (κ3) is 7.45. The molecule has 0 aliphatic carbocycles. The standard InChI is InChI=1S/C18H24F3N3O4/c19-18(20,21)13-3-1-4-14(11-13)23-16(25)12-15(17(26)27)22-5-2-6-24-7-9-28-10-8-24/h1,3-4,11,15,22H,2,5-10,12H2,(H,23,25)(H,26,27). The van der Waals surface area contributed by atoms with E-state index < -0.39 is 29.7 Å². The molecule has 1 aliphatic rings. The molecule has 1 unspecified atom stereocenters. The molecule has 28 heavy (non-hydrogen) atoms. The Kier molecular flexibility index (Phi) is 8.21. The quantitative estimate of drug-likeness (QED) is 0.545. The van der Waals surface area contributed by atoms with Crippen molar-refractivity contribution in [1.82, 2.24) is 10.2 Å². The SMILES string of the molecule is O=C(CC(NCCCN1CCOCC1)C(=O)O)Nc1cccc(C(F)(F)F)c1. The van der Waals surface area contributed by atoms with Crippen LogP contribution in [0, 0.1) is 0 Å². The molecular weight excluding hydrogens is 379 g/mol. The van der Waals surface area contributed by atoms with Crippen LogP contribution < -0.4 is 10.6 Å². The van der Waals surface area contributed by atoms with Gasteiger partial charge in [0.15, 0.2) is 0 Å². The molecule has 1 amide bonds. The van der Waals surface area contributed by atoms with Gasteiger partial charge in [0.1, 0.15) is 6.04 Å². The number of aliphatic carboxylic acids is 1. The molecule has 7 nitrogen and oxygen atoms in total. The van der Waals surface area contributed by atoms with Crippen LogP contribution in [0.15, 0.2) is 24.3 Å². The maximum absolute atomic E-state index is 12.7. The summed E-state index contributed by atoms with van der Waals surface area (Å²) in [7, 11) is 0. The van der Waals surface area contributed by atoms with Gasteiger partial charge in [-0.25, -0.2) is 0 Å². The largest absolute Gasteiger partial charge is 0.480 e. The van der Waals surface area contributed by atoms with Gasteiger partial charge in [-0.2, -0.15) is 13.2 Å². The Hall–Kier alpha value is -2.17. The first-order valence-corrected chi connectivity index (χ1v) is 8.99.